The molecule has 1 atom stereocenters. The summed E-state index contributed by atoms with van der Waals surface area (Å²) < 4.78 is 26.5. The number of aryl methyl sites for hydroxylation is 1. The molecule has 0 aliphatic rings. The van der Waals surface area contributed by atoms with E-state index in [1.54, 1.807) is 11.0 Å². The van der Waals surface area contributed by atoms with E-state index in [4.69, 9.17) is 23.2 Å². The lowest BCUT2D eigenvalue weighted by molar-refractivity contribution is -0.141. The Morgan fingerprint density at radius 2 is 1.60 bits per heavy atom. The second-order valence-corrected chi connectivity index (χ2v) is 13.6. The number of anilines is 1. The molecule has 0 aromatic heterocycles. The Bertz CT molecular complexity index is 1450. The van der Waals surface area contributed by atoms with Crippen molar-refractivity contribution in [2.45, 2.75) is 52.6 Å². The van der Waals surface area contributed by atoms with Gasteiger partial charge in [0.25, 0.3) is 0 Å². The molecule has 0 saturated heterocycles. The minimum atomic E-state index is -3.71. The molecule has 3 aromatic carbocycles. The zero-order valence-electron chi connectivity index (χ0n) is 24.5. The maximum atomic E-state index is 13.9. The molecule has 3 aromatic rings. The molecule has 2 amide bonds. The number of sulfonamides is 1. The van der Waals surface area contributed by atoms with E-state index in [0.29, 0.717) is 18.0 Å². The minimum absolute atomic E-state index is 0.0197. The van der Waals surface area contributed by atoms with Gasteiger partial charge in [0.05, 0.1) is 17.0 Å². The third-order valence-electron chi connectivity index (χ3n) is 6.76. The maximum Gasteiger partial charge on any atom is 0.243 e. The number of nitrogens with zero attached hydrogens (tertiary/aromatic N) is 2. The summed E-state index contributed by atoms with van der Waals surface area (Å²) >= 11 is 12.4. The number of carbonyl (C=O) groups excluding carboxylic acids is 2. The quantitative estimate of drug-likeness (QED) is 0.227. The van der Waals surface area contributed by atoms with Crippen LogP contribution in [0.15, 0.2) is 72.8 Å². The molecule has 0 bridgehead atoms. The van der Waals surface area contributed by atoms with Gasteiger partial charge in [0.1, 0.15) is 6.04 Å². The van der Waals surface area contributed by atoms with Gasteiger partial charge in [-0.3, -0.25) is 13.9 Å². The van der Waals surface area contributed by atoms with Gasteiger partial charge >= 0.3 is 0 Å². The van der Waals surface area contributed by atoms with Gasteiger partial charge < -0.3 is 10.2 Å². The fraction of sp³-hybridized carbons (Fsp3) is 0.375. The number of amides is 2. The van der Waals surface area contributed by atoms with Crippen molar-refractivity contribution in [1.82, 2.24) is 10.2 Å². The highest BCUT2D eigenvalue weighted by atomic mass is 35.5. The average molecular weight is 633 g/mol. The molecular weight excluding hydrogens is 593 g/mol. The number of rotatable bonds is 14. The van der Waals surface area contributed by atoms with Crippen molar-refractivity contribution in [3.8, 4) is 0 Å². The van der Waals surface area contributed by atoms with Crippen LogP contribution < -0.4 is 9.62 Å². The van der Waals surface area contributed by atoms with Gasteiger partial charge in [-0.15, -0.1) is 0 Å². The Kier molecular flexibility index (Phi) is 12.3. The summed E-state index contributed by atoms with van der Waals surface area (Å²) in [6, 6.07) is 21.3. The van der Waals surface area contributed by atoms with Crippen molar-refractivity contribution in [2.24, 2.45) is 5.92 Å². The summed E-state index contributed by atoms with van der Waals surface area (Å²) in [6.45, 7) is 6.76. The topological polar surface area (TPSA) is 86.8 Å². The van der Waals surface area contributed by atoms with Crippen molar-refractivity contribution >= 4 is 50.7 Å². The predicted octanol–water partition coefficient (Wildman–Crippen LogP) is 6.26. The van der Waals surface area contributed by atoms with Crippen LogP contribution in [-0.2, 0) is 32.6 Å². The van der Waals surface area contributed by atoms with Crippen molar-refractivity contribution < 1.29 is 18.0 Å². The van der Waals surface area contributed by atoms with Crippen LogP contribution in [0.2, 0.25) is 10.0 Å². The summed E-state index contributed by atoms with van der Waals surface area (Å²) in [4.78, 5) is 29.1. The van der Waals surface area contributed by atoms with Crippen LogP contribution in [0.25, 0.3) is 0 Å². The molecule has 42 heavy (non-hydrogen) atoms. The molecule has 10 heteroatoms. The van der Waals surface area contributed by atoms with E-state index in [9.17, 15) is 18.0 Å². The number of hydrogen-bond donors (Lipinski definition) is 1. The molecule has 7 nitrogen and oxygen atoms in total. The summed E-state index contributed by atoms with van der Waals surface area (Å²) in [6.07, 6.45) is 1.67. The normalized spacial score (nSPS) is 12.2. The van der Waals surface area contributed by atoms with E-state index in [1.165, 1.54) is 12.1 Å². The molecule has 0 saturated carbocycles. The first-order valence-corrected chi connectivity index (χ1v) is 16.5. The van der Waals surface area contributed by atoms with Gasteiger partial charge in [-0.2, -0.15) is 0 Å². The number of benzene rings is 3. The summed E-state index contributed by atoms with van der Waals surface area (Å²) in [5, 5.41) is 3.60. The van der Waals surface area contributed by atoms with E-state index in [-0.39, 0.29) is 54.4 Å². The van der Waals surface area contributed by atoms with Crippen molar-refractivity contribution in [3.05, 3.63) is 99.5 Å². The van der Waals surface area contributed by atoms with Crippen LogP contribution in [0.5, 0.6) is 0 Å². The van der Waals surface area contributed by atoms with Crippen molar-refractivity contribution in [1.29, 1.82) is 0 Å². The molecule has 0 heterocycles. The molecule has 0 fully saturated rings. The fourth-order valence-corrected chi connectivity index (χ4v) is 5.93. The maximum absolute atomic E-state index is 13.9. The van der Waals surface area contributed by atoms with E-state index < -0.39 is 16.1 Å². The van der Waals surface area contributed by atoms with Gasteiger partial charge in [-0.05, 0) is 48.6 Å². The molecule has 0 unspecified atom stereocenters. The summed E-state index contributed by atoms with van der Waals surface area (Å²) in [7, 11) is -3.71. The SMILES string of the molecule is Cc1ccc(CN(C(=O)CCCN(c2cc(Cl)ccc2Cl)S(C)(=O)=O)[C@@H](Cc2ccccc2)C(=O)NCC(C)C)cc1. The molecule has 1 N–H and O–H groups in total. The van der Waals surface area contributed by atoms with Crippen LogP contribution in [0.1, 0.15) is 43.4 Å². The van der Waals surface area contributed by atoms with Gasteiger partial charge in [0.2, 0.25) is 21.8 Å². The van der Waals surface area contributed by atoms with Crippen LogP contribution in [0.4, 0.5) is 5.69 Å². The van der Waals surface area contributed by atoms with Gasteiger partial charge in [-0.25, -0.2) is 8.42 Å². The summed E-state index contributed by atoms with van der Waals surface area (Å²) in [5.74, 6) is -0.230. The number of nitrogens with one attached hydrogen (secondary N) is 1. The van der Waals surface area contributed by atoms with Crippen LogP contribution in [0, 0.1) is 12.8 Å². The molecular formula is C32H39Cl2N3O4S. The van der Waals surface area contributed by atoms with Crippen LogP contribution >= 0.6 is 23.2 Å². The van der Waals surface area contributed by atoms with Crippen molar-refractivity contribution in [2.75, 3.05) is 23.7 Å². The Morgan fingerprint density at radius 3 is 2.21 bits per heavy atom. The van der Waals surface area contributed by atoms with Crippen molar-refractivity contribution in [3.63, 3.8) is 0 Å². The first kappa shape index (κ1) is 33.4. The molecule has 0 aliphatic heterocycles. The number of halogens is 2. The van der Waals surface area contributed by atoms with E-state index in [1.807, 2.05) is 75.4 Å². The highest BCUT2D eigenvalue weighted by molar-refractivity contribution is 7.92. The lowest BCUT2D eigenvalue weighted by Crippen LogP contribution is -2.51. The Morgan fingerprint density at radius 1 is 0.929 bits per heavy atom. The summed E-state index contributed by atoms with van der Waals surface area (Å²) in [5.41, 5.74) is 3.17. The highest BCUT2D eigenvalue weighted by Crippen LogP contribution is 2.31. The third kappa shape index (κ3) is 10.0. The smallest absolute Gasteiger partial charge is 0.243 e. The largest absolute Gasteiger partial charge is 0.354 e. The van der Waals surface area contributed by atoms with Gasteiger partial charge in [0, 0.05) is 37.5 Å². The second kappa shape index (κ2) is 15.4. The van der Waals surface area contributed by atoms with Gasteiger partial charge in [-0.1, -0.05) is 97.2 Å². The Balaban J connectivity index is 1.89. The average Bonchev–Trinajstić information content (AvgIpc) is 2.94. The molecule has 0 radical (unpaired) electrons. The molecule has 0 spiro atoms. The van der Waals surface area contributed by atoms with E-state index in [2.05, 4.69) is 5.32 Å². The predicted molar refractivity (Wildman–Crippen MR) is 171 cm³/mol. The first-order chi connectivity index (χ1) is 19.8. The standard InChI is InChI=1S/C32H39Cl2N3O4S/c1-23(2)21-35-32(39)30(19-25-9-6-5-7-10-25)36(22-26-14-12-24(3)13-15-26)31(38)11-8-18-37(42(4,40)41)29-20-27(33)16-17-28(29)34/h5-7,9-10,12-17,20,23,30H,8,11,18-19,21-22H2,1-4H3,(H,35,39)/t30-/m0/s1. The Hall–Kier alpha value is -3.07. The third-order valence-corrected chi connectivity index (χ3v) is 8.49. The van der Waals surface area contributed by atoms with E-state index in [0.717, 1.165) is 27.3 Å². The monoisotopic (exact) mass is 631 g/mol. The van der Waals surface area contributed by atoms with E-state index >= 15 is 0 Å². The lowest BCUT2D eigenvalue weighted by Gasteiger charge is -2.32. The van der Waals surface area contributed by atoms with Crippen LogP contribution in [-0.4, -0.2) is 50.5 Å². The molecule has 3 rings (SSSR count). The molecule has 226 valence electrons. The highest BCUT2D eigenvalue weighted by Gasteiger charge is 2.30. The lowest BCUT2D eigenvalue weighted by atomic mass is 10.0. The zero-order valence-corrected chi connectivity index (χ0v) is 26.8. The zero-order chi connectivity index (χ0) is 30.9. The second-order valence-electron chi connectivity index (χ2n) is 10.9. The molecule has 0 aliphatic carbocycles. The Labute approximate surface area is 259 Å². The first-order valence-electron chi connectivity index (χ1n) is 13.9. The van der Waals surface area contributed by atoms with Gasteiger partial charge in [0.15, 0.2) is 0 Å². The number of hydrogen-bond acceptors (Lipinski definition) is 4. The minimum Gasteiger partial charge on any atom is -0.354 e. The fourth-order valence-electron chi connectivity index (χ4n) is 4.53. The number of carbonyl (C=O) groups is 2. The van der Waals surface area contributed by atoms with Crippen LogP contribution in [0.3, 0.4) is 0 Å².